The highest BCUT2D eigenvalue weighted by Crippen LogP contribution is 2.47. The molecular weight excluding hydrogens is 408 g/mol. The molecule has 3 aromatic rings. The van der Waals surface area contributed by atoms with Gasteiger partial charge in [-0.25, -0.2) is 0 Å². The van der Waals surface area contributed by atoms with E-state index in [1.807, 2.05) is 35.2 Å². The highest BCUT2D eigenvalue weighted by Gasteiger charge is 2.49. The molecule has 1 aromatic heterocycles. The predicted octanol–water partition coefficient (Wildman–Crippen LogP) is 4.18. The zero-order valence-electron chi connectivity index (χ0n) is 17.5. The van der Waals surface area contributed by atoms with E-state index in [0.717, 1.165) is 55.7 Å². The number of likely N-dealkylation sites (tertiary alicyclic amines) is 1. The number of amides is 1. The first-order valence-corrected chi connectivity index (χ1v) is 11.7. The number of nitrogens with one attached hydrogen (secondary N) is 2. The third-order valence-corrected chi connectivity index (χ3v) is 7.73. The van der Waals surface area contributed by atoms with E-state index in [-0.39, 0.29) is 11.3 Å². The first kappa shape index (κ1) is 19.4. The summed E-state index contributed by atoms with van der Waals surface area (Å²) in [4.78, 5) is 21.6. The molecule has 1 spiro atoms. The molecule has 2 fully saturated rings. The summed E-state index contributed by atoms with van der Waals surface area (Å²) in [6, 6.07) is 16.8. The van der Waals surface area contributed by atoms with E-state index in [1.54, 1.807) is 0 Å². The number of hydrogen-bond donors (Lipinski definition) is 2. The molecular formula is C25H27ClN4O. The lowest BCUT2D eigenvalue weighted by Gasteiger charge is -2.33. The van der Waals surface area contributed by atoms with E-state index in [1.165, 1.54) is 18.4 Å². The van der Waals surface area contributed by atoms with Gasteiger partial charge in [0.1, 0.15) is 5.69 Å². The number of rotatable bonds is 2. The molecule has 31 heavy (non-hydrogen) atoms. The lowest BCUT2D eigenvalue weighted by atomic mass is 9.81. The fourth-order valence-electron chi connectivity index (χ4n) is 5.91. The average molecular weight is 435 g/mol. The Morgan fingerprint density at radius 3 is 2.77 bits per heavy atom. The lowest BCUT2D eigenvalue weighted by molar-refractivity contribution is 0.0980. The van der Waals surface area contributed by atoms with Crippen molar-refractivity contribution in [2.45, 2.75) is 30.7 Å². The van der Waals surface area contributed by atoms with E-state index in [4.69, 9.17) is 11.6 Å². The molecule has 2 saturated heterocycles. The van der Waals surface area contributed by atoms with E-state index in [9.17, 15) is 4.79 Å². The van der Waals surface area contributed by atoms with Crippen LogP contribution in [0.3, 0.4) is 0 Å². The van der Waals surface area contributed by atoms with Crippen molar-refractivity contribution in [2.24, 2.45) is 0 Å². The monoisotopic (exact) mass is 434 g/mol. The maximum absolute atomic E-state index is 13.6. The second kappa shape index (κ2) is 7.37. The van der Waals surface area contributed by atoms with Crippen molar-refractivity contribution in [3.63, 3.8) is 0 Å². The zero-order valence-corrected chi connectivity index (χ0v) is 18.3. The molecule has 4 heterocycles. The largest absolute Gasteiger partial charge is 0.351 e. The lowest BCUT2D eigenvalue weighted by Crippen LogP contribution is -2.44. The Morgan fingerprint density at radius 1 is 1.06 bits per heavy atom. The molecule has 2 aromatic carbocycles. The van der Waals surface area contributed by atoms with Crippen LogP contribution in [-0.4, -0.2) is 54.6 Å². The fourth-order valence-corrected chi connectivity index (χ4v) is 6.09. The zero-order chi connectivity index (χ0) is 21.0. The molecule has 3 aliphatic heterocycles. The standard InChI is InChI=1S/C25H27ClN4O/c26-18-5-6-21-17(13-18)14-22(28-21)24(31)30-16-25(20-3-1-2-4-23(20)30)9-12-29(15-25)19-7-10-27-11-8-19/h1-6,13-14,19,27-28H,7-12,15-16H2/t25-/m1/s1. The Hall–Kier alpha value is -2.34. The normalized spacial score (nSPS) is 24.4. The Bertz CT molecular complexity index is 1150. The van der Waals surface area contributed by atoms with Crippen LogP contribution in [0.4, 0.5) is 5.69 Å². The van der Waals surface area contributed by atoms with Crippen LogP contribution in [0.15, 0.2) is 48.5 Å². The quantitative estimate of drug-likeness (QED) is 0.636. The highest BCUT2D eigenvalue weighted by atomic mass is 35.5. The van der Waals surface area contributed by atoms with Gasteiger partial charge in [0.05, 0.1) is 0 Å². The van der Waals surface area contributed by atoms with Crippen LogP contribution in [0.1, 0.15) is 35.3 Å². The fraction of sp³-hybridized carbons (Fsp3) is 0.400. The molecule has 0 aliphatic carbocycles. The number of halogens is 1. The van der Waals surface area contributed by atoms with E-state index >= 15 is 0 Å². The molecule has 1 amide bonds. The Kier molecular flexibility index (Phi) is 4.60. The Labute approximate surface area is 187 Å². The molecule has 0 radical (unpaired) electrons. The summed E-state index contributed by atoms with van der Waals surface area (Å²) in [7, 11) is 0. The van der Waals surface area contributed by atoms with Crippen LogP contribution in [-0.2, 0) is 5.41 Å². The summed E-state index contributed by atoms with van der Waals surface area (Å²) < 4.78 is 0. The summed E-state index contributed by atoms with van der Waals surface area (Å²) in [6.07, 6.45) is 3.55. The van der Waals surface area contributed by atoms with Crippen LogP contribution >= 0.6 is 11.6 Å². The number of anilines is 1. The molecule has 6 heteroatoms. The minimum absolute atomic E-state index is 0.0342. The van der Waals surface area contributed by atoms with Gasteiger partial charge in [-0.2, -0.15) is 0 Å². The summed E-state index contributed by atoms with van der Waals surface area (Å²) >= 11 is 6.14. The van der Waals surface area contributed by atoms with Crippen LogP contribution in [0.5, 0.6) is 0 Å². The number of carbonyl (C=O) groups excluding carboxylic acids is 1. The van der Waals surface area contributed by atoms with Gasteiger partial charge in [0.15, 0.2) is 0 Å². The maximum atomic E-state index is 13.6. The van der Waals surface area contributed by atoms with E-state index < -0.39 is 0 Å². The summed E-state index contributed by atoms with van der Waals surface area (Å²) in [6.45, 7) is 5.13. The molecule has 0 unspecified atom stereocenters. The van der Waals surface area contributed by atoms with Gasteiger partial charge < -0.3 is 15.2 Å². The number of para-hydroxylation sites is 1. The number of aromatic amines is 1. The Morgan fingerprint density at radius 2 is 1.90 bits per heavy atom. The van der Waals surface area contributed by atoms with Crippen LogP contribution in [0.2, 0.25) is 5.02 Å². The van der Waals surface area contributed by atoms with Crippen LogP contribution in [0.25, 0.3) is 10.9 Å². The number of nitrogens with zero attached hydrogens (tertiary/aromatic N) is 2. The van der Waals surface area contributed by atoms with Gasteiger partial charge in [0.25, 0.3) is 5.91 Å². The van der Waals surface area contributed by atoms with Crippen molar-refractivity contribution in [1.29, 1.82) is 0 Å². The summed E-state index contributed by atoms with van der Waals surface area (Å²) in [5.74, 6) is 0.0389. The van der Waals surface area contributed by atoms with E-state index in [2.05, 4.69) is 33.4 Å². The molecule has 0 bridgehead atoms. The molecule has 6 rings (SSSR count). The minimum atomic E-state index is 0.0342. The number of fused-ring (bicyclic) bond motifs is 3. The number of hydrogen-bond acceptors (Lipinski definition) is 3. The number of benzene rings is 2. The first-order chi connectivity index (χ1) is 15.1. The topological polar surface area (TPSA) is 51.4 Å². The average Bonchev–Trinajstić information content (AvgIpc) is 3.50. The third kappa shape index (κ3) is 3.18. The smallest absolute Gasteiger partial charge is 0.274 e. The van der Waals surface area contributed by atoms with Crippen molar-refractivity contribution >= 4 is 34.1 Å². The number of carbonyl (C=O) groups is 1. The molecule has 5 nitrogen and oxygen atoms in total. The number of piperidine rings is 1. The van der Waals surface area contributed by atoms with Gasteiger partial charge in [-0.3, -0.25) is 9.69 Å². The van der Waals surface area contributed by atoms with Crippen LogP contribution < -0.4 is 10.2 Å². The van der Waals surface area contributed by atoms with E-state index in [0.29, 0.717) is 16.8 Å². The molecule has 1 atom stereocenters. The third-order valence-electron chi connectivity index (χ3n) is 7.49. The van der Waals surface area contributed by atoms with Gasteiger partial charge >= 0.3 is 0 Å². The maximum Gasteiger partial charge on any atom is 0.274 e. The second-order valence-corrected chi connectivity index (χ2v) is 9.74. The minimum Gasteiger partial charge on any atom is -0.351 e. The van der Waals surface area contributed by atoms with Gasteiger partial charge in [0.2, 0.25) is 0 Å². The predicted molar refractivity (Wildman–Crippen MR) is 125 cm³/mol. The van der Waals surface area contributed by atoms with Gasteiger partial charge in [-0.05, 0) is 74.8 Å². The number of aromatic nitrogens is 1. The highest BCUT2D eigenvalue weighted by molar-refractivity contribution is 6.31. The Balaban J connectivity index is 1.32. The van der Waals surface area contributed by atoms with Gasteiger partial charge in [0, 0.05) is 46.2 Å². The first-order valence-electron chi connectivity index (χ1n) is 11.3. The molecule has 160 valence electrons. The van der Waals surface area contributed by atoms with Crippen molar-refractivity contribution in [2.75, 3.05) is 37.6 Å². The van der Waals surface area contributed by atoms with Crippen molar-refractivity contribution in [3.8, 4) is 0 Å². The van der Waals surface area contributed by atoms with Crippen molar-refractivity contribution in [1.82, 2.24) is 15.2 Å². The molecule has 3 aliphatic rings. The molecule has 2 N–H and O–H groups in total. The second-order valence-electron chi connectivity index (χ2n) is 9.31. The SMILES string of the molecule is O=C(c1cc2cc(Cl)ccc2[nH]1)N1C[C@]2(CCN(C3CCNCC3)C2)c2ccccc21. The van der Waals surface area contributed by atoms with Crippen LogP contribution in [0, 0.1) is 0 Å². The van der Waals surface area contributed by atoms with Crippen molar-refractivity contribution in [3.05, 3.63) is 64.8 Å². The van der Waals surface area contributed by atoms with Gasteiger partial charge in [-0.15, -0.1) is 0 Å². The summed E-state index contributed by atoms with van der Waals surface area (Å²) in [5.41, 5.74) is 3.99. The number of H-pyrrole nitrogens is 1. The van der Waals surface area contributed by atoms with Gasteiger partial charge in [-0.1, -0.05) is 29.8 Å². The van der Waals surface area contributed by atoms with Crippen molar-refractivity contribution < 1.29 is 4.79 Å². The summed E-state index contributed by atoms with van der Waals surface area (Å²) in [5, 5.41) is 5.13. The molecule has 0 saturated carbocycles.